The molecule has 0 saturated carbocycles. The minimum absolute atomic E-state index is 0.130. The lowest BCUT2D eigenvalue weighted by Gasteiger charge is -2.09. The van der Waals surface area contributed by atoms with Crippen molar-refractivity contribution < 1.29 is 19.5 Å². The summed E-state index contributed by atoms with van der Waals surface area (Å²) >= 11 is 0. The van der Waals surface area contributed by atoms with Crippen molar-refractivity contribution >= 4 is 17.7 Å². The summed E-state index contributed by atoms with van der Waals surface area (Å²) in [6.07, 6.45) is 6.90. The average molecular weight is 334 g/mol. The van der Waals surface area contributed by atoms with Crippen LogP contribution < -0.4 is 5.32 Å². The van der Waals surface area contributed by atoms with Crippen LogP contribution in [-0.2, 0) is 11.2 Å². The van der Waals surface area contributed by atoms with Gasteiger partial charge < -0.3 is 15.4 Å². The molecule has 0 bridgehead atoms. The smallest absolute Gasteiger partial charge is 0.303 e. The Morgan fingerprint density at radius 1 is 1.12 bits per heavy atom. The molecule has 6 nitrogen and oxygen atoms in total. The predicted molar refractivity (Wildman–Crippen MR) is 90.5 cm³/mol. The average Bonchev–Trinajstić information content (AvgIpc) is 2.88. The lowest BCUT2D eigenvalue weighted by atomic mass is 9.94. The van der Waals surface area contributed by atoms with Crippen LogP contribution in [0.4, 0.5) is 0 Å². The van der Waals surface area contributed by atoms with Gasteiger partial charge in [-0.1, -0.05) is 19.3 Å². The van der Waals surface area contributed by atoms with Crippen LogP contribution in [0.2, 0.25) is 0 Å². The number of Topliss-reactive ketones (excluding diaryl/α,β-unsaturated/α-hetero) is 1. The van der Waals surface area contributed by atoms with Crippen molar-refractivity contribution in [3.63, 3.8) is 0 Å². The van der Waals surface area contributed by atoms with E-state index in [9.17, 15) is 14.4 Å². The maximum Gasteiger partial charge on any atom is 0.303 e. The molecule has 1 aliphatic carbocycles. The summed E-state index contributed by atoms with van der Waals surface area (Å²) in [7, 11) is 0. The normalized spacial score (nSPS) is 13.6. The van der Waals surface area contributed by atoms with Gasteiger partial charge in [0, 0.05) is 30.6 Å². The van der Waals surface area contributed by atoms with Crippen molar-refractivity contribution in [2.24, 2.45) is 0 Å². The number of hydrogen-bond acceptors (Lipinski definition) is 3. The predicted octanol–water partition coefficient (Wildman–Crippen LogP) is 3.00. The lowest BCUT2D eigenvalue weighted by Crippen LogP contribution is -2.25. The molecule has 1 aromatic rings. The number of H-pyrrole nitrogens is 1. The molecule has 2 rings (SSSR count). The molecule has 0 fully saturated rings. The molecule has 0 radical (unpaired) electrons. The quantitative estimate of drug-likeness (QED) is 0.604. The van der Waals surface area contributed by atoms with Crippen molar-refractivity contribution in [2.45, 2.75) is 64.7 Å². The molecule has 6 heteroatoms. The van der Waals surface area contributed by atoms with Crippen LogP contribution in [0.15, 0.2) is 0 Å². The van der Waals surface area contributed by atoms with E-state index in [1.54, 1.807) is 0 Å². The van der Waals surface area contributed by atoms with Gasteiger partial charge in [-0.25, -0.2) is 0 Å². The van der Waals surface area contributed by atoms with E-state index in [0.29, 0.717) is 30.6 Å². The van der Waals surface area contributed by atoms with Crippen LogP contribution in [0.3, 0.4) is 0 Å². The summed E-state index contributed by atoms with van der Waals surface area (Å²) < 4.78 is 0. The van der Waals surface area contributed by atoms with Crippen LogP contribution >= 0.6 is 0 Å². The van der Waals surface area contributed by atoms with Gasteiger partial charge in [0.1, 0.15) is 5.69 Å². The molecular weight excluding hydrogens is 308 g/mol. The number of unbranched alkanes of at least 4 members (excludes halogenated alkanes) is 4. The number of carboxylic acids is 1. The number of aliphatic carboxylic acids is 1. The van der Waals surface area contributed by atoms with E-state index in [1.807, 2.05) is 6.92 Å². The first-order valence-electron chi connectivity index (χ1n) is 8.75. The molecule has 3 N–H and O–H groups in total. The Kier molecular flexibility index (Phi) is 6.58. The number of carboxylic acid groups (broad SMARTS) is 1. The summed E-state index contributed by atoms with van der Waals surface area (Å²) in [5, 5.41) is 11.4. The fraction of sp³-hybridized carbons (Fsp3) is 0.611. The van der Waals surface area contributed by atoms with Crippen molar-refractivity contribution in [1.82, 2.24) is 10.3 Å². The number of ketones is 1. The maximum atomic E-state index is 12.3. The van der Waals surface area contributed by atoms with E-state index in [2.05, 4.69) is 10.3 Å². The molecule has 0 aromatic carbocycles. The zero-order chi connectivity index (χ0) is 17.5. The van der Waals surface area contributed by atoms with Gasteiger partial charge in [0.25, 0.3) is 5.91 Å². The first-order chi connectivity index (χ1) is 11.5. The molecule has 132 valence electrons. The highest BCUT2D eigenvalue weighted by atomic mass is 16.4. The zero-order valence-electron chi connectivity index (χ0n) is 14.2. The van der Waals surface area contributed by atoms with Crippen LogP contribution in [0, 0.1) is 6.92 Å². The summed E-state index contributed by atoms with van der Waals surface area (Å²) in [6.45, 7) is 2.42. The fourth-order valence-electron chi connectivity index (χ4n) is 3.22. The highest BCUT2D eigenvalue weighted by Crippen LogP contribution is 2.26. The van der Waals surface area contributed by atoms with Gasteiger partial charge in [-0.2, -0.15) is 0 Å². The summed E-state index contributed by atoms with van der Waals surface area (Å²) in [5.41, 5.74) is 2.88. The Labute approximate surface area is 142 Å². The number of amides is 1. The zero-order valence-corrected chi connectivity index (χ0v) is 14.2. The van der Waals surface area contributed by atoms with Crippen molar-refractivity contribution in [3.8, 4) is 0 Å². The van der Waals surface area contributed by atoms with Crippen LogP contribution in [0.1, 0.15) is 83.5 Å². The Bertz CT molecular complexity index is 619. The number of aromatic nitrogens is 1. The molecule has 0 saturated heterocycles. The second kappa shape index (κ2) is 8.66. The van der Waals surface area contributed by atoms with Crippen LogP contribution in [-0.4, -0.2) is 34.3 Å². The Morgan fingerprint density at radius 3 is 2.54 bits per heavy atom. The van der Waals surface area contributed by atoms with Gasteiger partial charge in [0.05, 0.1) is 0 Å². The fourth-order valence-corrected chi connectivity index (χ4v) is 3.22. The third-order valence-electron chi connectivity index (χ3n) is 4.52. The van der Waals surface area contributed by atoms with Gasteiger partial charge >= 0.3 is 5.97 Å². The van der Waals surface area contributed by atoms with Gasteiger partial charge in [-0.3, -0.25) is 14.4 Å². The lowest BCUT2D eigenvalue weighted by molar-refractivity contribution is -0.137. The Morgan fingerprint density at radius 2 is 1.83 bits per heavy atom. The van der Waals surface area contributed by atoms with Gasteiger partial charge in [-0.15, -0.1) is 0 Å². The van der Waals surface area contributed by atoms with Crippen molar-refractivity contribution in [2.75, 3.05) is 6.54 Å². The summed E-state index contributed by atoms with van der Waals surface area (Å²) in [5.74, 6) is -0.768. The minimum atomic E-state index is -0.746. The molecule has 1 amide bonds. The van der Waals surface area contributed by atoms with Gasteiger partial charge in [0.2, 0.25) is 0 Å². The highest BCUT2D eigenvalue weighted by Gasteiger charge is 2.26. The van der Waals surface area contributed by atoms with Crippen molar-refractivity contribution in [3.05, 3.63) is 22.5 Å². The van der Waals surface area contributed by atoms with E-state index in [-0.39, 0.29) is 18.1 Å². The van der Waals surface area contributed by atoms with Gasteiger partial charge in [0.15, 0.2) is 5.78 Å². The minimum Gasteiger partial charge on any atom is -0.481 e. The SMILES string of the molecule is Cc1c(C(=O)NCCCCCCCC(=O)O)[nH]c2c1C(=O)CCC2. The Hall–Kier alpha value is -2.11. The molecule has 1 aliphatic rings. The molecule has 0 unspecified atom stereocenters. The highest BCUT2D eigenvalue weighted by molar-refractivity contribution is 6.04. The summed E-state index contributed by atoms with van der Waals surface area (Å²) in [6, 6.07) is 0. The van der Waals surface area contributed by atoms with Crippen LogP contribution in [0.5, 0.6) is 0 Å². The topological polar surface area (TPSA) is 99.3 Å². The van der Waals surface area contributed by atoms with Crippen molar-refractivity contribution in [1.29, 1.82) is 0 Å². The summed E-state index contributed by atoms with van der Waals surface area (Å²) in [4.78, 5) is 37.8. The Balaban J connectivity index is 1.72. The standard InChI is InChI=1S/C18H26N2O4/c1-12-16-13(8-7-9-14(16)21)20-17(12)18(24)19-11-6-4-2-3-5-10-15(22)23/h20H,2-11H2,1H3,(H,19,24)(H,22,23). The maximum absolute atomic E-state index is 12.3. The third-order valence-corrected chi connectivity index (χ3v) is 4.52. The first kappa shape index (κ1) is 18.2. The molecule has 1 aromatic heterocycles. The molecule has 0 aliphatic heterocycles. The number of carbonyl (C=O) groups excluding carboxylic acids is 2. The van der Waals surface area contributed by atoms with E-state index in [1.165, 1.54) is 0 Å². The molecule has 24 heavy (non-hydrogen) atoms. The first-order valence-corrected chi connectivity index (χ1v) is 8.75. The number of aryl methyl sites for hydroxylation is 1. The van der Waals surface area contributed by atoms with E-state index in [0.717, 1.165) is 49.8 Å². The van der Waals surface area contributed by atoms with Crippen LogP contribution in [0.25, 0.3) is 0 Å². The molecule has 1 heterocycles. The molecular formula is C18H26N2O4. The second-order valence-corrected chi connectivity index (χ2v) is 6.42. The third kappa shape index (κ3) is 4.69. The second-order valence-electron chi connectivity index (χ2n) is 6.42. The number of aromatic amines is 1. The number of nitrogens with one attached hydrogen (secondary N) is 2. The van der Waals surface area contributed by atoms with E-state index in [4.69, 9.17) is 5.11 Å². The van der Waals surface area contributed by atoms with Gasteiger partial charge in [-0.05, 0) is 38.2 Å². The number of rotatable bonds is 9. The number of hydrogen-bond donors (Lipinski definition) is 3. The number of carbonyl (C=O) groups is 3. The largest absolute Gasteiger partial charge is 0.481 e. The molecule has 0 spiro atoms. The molecule has 0 atom stereocenters. The van der Waals surface area contributed by atoms with E-state index >= 15 is 0 Å². The van der Waals surface area contributed by atoms with E-state index < -0.39 is 5.97 Å². The monoisotopic (exact) mass is 334 g/mol. The number of fused-ring (bicyclic) bond motifs is 1.